The number of unbranched alkanes of at least 4 members (excludes halogenated alkanes) is 2. The Balaban J connectivity index is 1.80. The van der Waals surface area contributed by atoms with Crippen LogP contribution >= 0.6 is 24.1 Å². The van der Waals surface area contributed by atoms with Crippen LogP contribution in [0, 0.1) is 0 Å². The van der Waals surface area contributed by atoms with Crippen molar-refractivity contribution in [2.75, 3.05) is 31.3 Å². The fourth-order valence-electron chi connectivity index (χ4n) is 1.83. The van der Waals surface area contributed by atoms with Gasteiger partial charge in [-0.1, -0.05) is 19.9 Å². The minimum absolute atomic E-state index is 0.0908. The first kappa shape index (κ1) is 21.5. The van der Waals surface area contributed by atoms with Crippen LogP contribution in [0.1, 0.15) is 39.5 Å². The lowest BCUT2D eigenvalue weighted by Crippen LogP contribution is -2.16. The highest BCUT2D eigenvalue weighted by Crippen LogP contribution is 2.15. The lowest BCUT2D eigenvalue weighted by Gasteiger charge is -2.16. The highest BCUT2D eigenvalue weighted by atomic mass is 32.2. The molecule has 0 aliphatic carbocycles. The third kappa shape index (κ3) is 11.1. The van der Waals surface area contributed by atoms with Crippen molar-refractivity contribution in [3.8, 4) is 0 Å². The molecule has 2 unspecified atom stereocenters. The Morgan fingerprint density at radius 2 is 2.00 bits per heavy atom. The molecule has 140 valence electrons. The van der Waals surface area contributed by atoms with Crippen LogP contribution in [0.3, 0.4) is 0 Å². The summed E-state index contributed by atoms with van der Waals surface area (Å²) in [7, 11) is 0. The van der Waals surface area contributed by atoms with Crippen molar-refractivity contribution in [3.63, 3.8) is 0 Å². The van der Waals surface area contributed by atoms with E-state index in [2.05, 4.69) is 18.2 Å². The molecule has 0 bridgehead atoms. The van der Waals surface area contributed by atoms with Crippen LogP contribution in [0.25, 0.3) is 0 Å². The summed E-state index contributed by atoms with van der Waals surface area (Å²) in [4.78, 5) is 10.7. The highest BCUT2D eigenvalue weighted by molar-refractivity contribution is 7.94. The number of allylic oxidation sites excluding steroid dienone is 1. The average Bonchev–Trinajstić information content (AvgIpc) is 2.96. The quantitative estimate of drug-likeness (QED) is 0.180. The maximum Gasteiger partial charge on any atom is 0.508 e. The largest absolute Gasteiger partial charge is 0.508 e. The van der Waals surface area contributed by atoms with E-state index in [1.807, 2.05) is 6.92 Å². The number of rotatable bonds is 15. The number of carbonyl (C=O) groups is 1. The van der Waals surface area contributed by atoms with Gasteiger partial charge in [0.15, 0.2) is 6.10 Å². The fraction of sp³-hybridized carbons (Fsp3) is 0.812. The van der Waals surface area contributed by atoms with Crippen molar-refractivity contribution < 1.29 is 27.4 Å². The van der Waals surface area contributed by atoms with Gasteiger partial charge in [0.25, 0.3) is 0 Å². The number of ether oxygens (including phenoxy) is 3. The summed E-state index contributed by atoms with van der Waals surface area (Å²) >= 11 is 2.91. The van der Waals surface area contributed by atoms with Crippen LogP contribution < -0.4 is 0 Å². The molecule has 0 N–H and O–H groups in total. The first-order valence-corrected chi connectivity index (χ1v) is 10.1. The molecule has 0 aromatic carbocycles. The minimum atomic E-state index is -0.607. The van der Waals surface area contributed by atoms with Crippen molar-refractivity contribution in [2.45, 2.75) is 51.7 Å². The van der Waals surface area contributed by atoms with Crippen molar-refractivity contribution in [2.24, 2.45) is 0 Å². The molecule has 8 heteroatoms. The van der Waals surface area contributed by atoms with Crippen LogP contribution in [0.2, 0.25) is 0 Å². The van der Waals surface area contributed by atoms with E-state index < -0.39 is 6.16 Å². The number of carbonyl (C=O) groups excluding carboxylic acids is 1. The third-order valence-electron chi connectivity index (χ3n) is 3.10. The van der Waals surface area contributed by atoms with Gasteiger partial charge in [0.1, 0.15) is 19.3 Å². The van der Waals surface area contributed by atoms with Gasteiger partial charge in [-0.2, -0.15) is 0 Å². The molecule has 1 aliphatic rings. The van der Waals surface area contributed by atoms with Crippen molar-refractivity contribution in [3.05, 3.63) is 12.3 Å². The van der Waals surface area contributed by atoms with Crippen LogP contribution in [0.15, 0.2) is 12.3 Å². The predicted octanol–water partition coefficient (Wildman–Crippen LogP) is 4.35. The molecule has 0 radical (unpaired) electrons. The predicted molar refractivity (Wildman–Crippen MR) is 96.9 cm³/mol. The smallest absolute Gasteiger partial charge is 0.493 e. The highest BCUT2D eigenvalue weighted by Gasteiger charge is 2.24. The molecule has 1 aliphatic heterocycles. The Kier molecular flexibility index (Phi) is 12.2. The van der Waals surface area contributed by atoms with Gasteiger partial charge in [-0.25, -0.2) is 4.79 Å². The Labute approximate surface area is 153 Å². The van der Waals surface area contributed by atoms with Gasteiger partial charge in [-0.3, -0.25) is 0 Å². The van der Waals surface area contributed by atoms with E-state index in [0.717, 1.165) is 42.9 Å². The number of cyclic esters (lactones) is 2. The molecule has 2 atom stereocenters. The van der Waals surface area contributed by atoms with Gasteiger partial charge in [-0.05, 0) is 50.3 Å². The summed E-state index contributed by atoms with van der Waals surface area (Å²) in [6, 6.07) is 0. The zero-order valence-electron chi connectivity index (χ0n) is 14.5. The van der Waals surface area contributed by atoms with Crippen LogP contribution in [-0.2, 0) is 22.6 Å². The zero-order valence-corrected chi connectivity index (χ0v) is 16.1. The Bertz CT molecular complexity index is 366. The van der Waals surface area contributed by atoms with Gasteiger partial charge >= 0.3 is 6.16 Å². The Hall–Kier alpha value is -0.570. The molecule has 0 saturated carbocycles. The summed E-state index contributed by atoms with van der Waals surface area (Å²) < 4.78 is 26.0. The normalized spacial score (nSPS) is 18.1. The molecule has 0 aromatic rings. The molecule has 24 heavy (non-hydrogen) atoms. The van der Waals surface area contributed by atoms with Gasteiger partial charge in [0, 0.05) is 11.5 Å². The fourth-order valence-corrected chi connectivity index (χ4v) is 3.21. The topological polar surface area (TPSA) is 63.2 Å². The second-order valence-electron chi connectivity index (χ2n) is 5.42. The molecule has 1 fully saturated rings. The molecular formula is C16H28O6S2. The first-order chi connectivity index (χ1) is 11.6. The number of hydrogen-bond donors (Lipinski definition) is 0. The summed E-state index contributed by atoms with van der Waals surface area (Å²) in [5, 5.41) is 0. The molecule has 0 amide bonds. The molecule has 1 heterocycles. The van der Waals surface area contributed by atoms with E-state index >= 15 is 0 Å². The molecule has 1 rings (SSSR count). The van der Waals surface area contributed by atoms with E-state index in [1.165, 1.54) is 24.1 Å². The maximum absolute atomic E-state index is 10.7. The molecule has 0 aromatic heterocycles. The van der Waals surface area contributed by atoms with E-state index in [0.29, 0.717) is 13.2 Å². The average molecular weight is 381 g/mol. The van der Waals surface area contributed by atoms with Crippen LogP contribution in [-0.4, -0.2) is 49.7 Å². The first-order valence-electron chi connectivity index (χ1n) is 8.26. The zero-order chi connectivity index (χ0) is 17.6. The summed E-state index contributed by atoms with van der Waals surface area (Å²) in [6.07, 6.45) is 3.46. The SMILES string of the molecule is C=C(C)OC(CC)COSCCCCCSOCC1COC(=O)O1. The van der Waals surface area contributed by atoms with Crippen molar-refractivity contribution in [1.29, 1.82) is 0 Å². The lowest BCUT2D eigenvalue weighted by atomic mass is 10.3. The van der Waals surface area contributed by atoms with E-state index in [4.69, 9.17) is 17.8 Å². The Morgan fingerprint density at radius 1 is 1.29 bits per heavy atom. The standard InChI is InChI=1S/C16H28O6S2/c1-4-14(21-13(2)3)11-19-23-8-6-5-7-9-24-20-12-15-10-18-16(17)22-15/h14-15H,2,4-12H2,1,3H3. The van der Waals surface area contributed by atoms with Gasteiger partial charge in [-0.15, -0.1) is 0 Å². The summed E-state index contributed by atoms with van der Waals surface area (Å²) in [5.41, 5.74) is 0. The third-order valence-corrected chi connectivity index (χ3v) is 4.62. The lowest BCUT2D eigenvalue weighted by molar-refractivity contribution is 0.0750. The van der Waals surface area contributed by atoms with E-state index in [1.54, 1.807) is 0 Å². The summed E-state index contributed by atoms with van der Waals surface area (Å²) in [6.45, 7) is 8.93. The van der Waals surface area contributed by atoms with Crippen LogP contribution in [0.5, 0.6) is 0 Å². The number of hydrogen-bond acceptors (Lipinski definition) is 8. The van der Waals surface area contributed by atoms with E-state index in [-0.39, 0.29) is 18.8 Å². The second kappa shape index (κ2) is 13.7. The monoisotopic (exact) mass is 380 g/mol. The minimum Gasteiger partial charge on any atom is -0.493 e. The Morgan fingerprint density at radius 3 is 2.58 bits per heavy atom. The molecule has 0 spiro atoms. The van der Waals surface area contributed by atoms with Crippen molar-refractivity contribution in [1.82, 2.24) is 0 Å². The van der Waals surface area contributed by atoms with Crippen LogP contribution in [0.4, 0.5) is 4.79 Å². The van der Waals surface area contributed by atoms with E-state index in [9.17, 15) is 4.79 Å². The molecule has 1 saturated heterocycles. The van der Waals surface area contributed by atoms with Gasteiger partial charge in [0.2, 0.25) is 0 Å². The maximum atomic E-state index is 10.7. The molecular weight excluding hydrogens is 352 g/mol. The van der Waals surface area contributed by atoms with Gasteiger partial charge in [0.05, 0.1) is 12.4 Å². The van der Waals surface area contributed by atoms with Gasteiger partial charge < -0.3 is 22.6 Å². The molecule has 6 nitrogen and oxygen atoms in total. The second-order valence-corrected chi connectivity index (χ2v) is 7.18. The van der Waals surface area contributed by atoms with Crippen molar-refractivity contribution >= 4 is 30.2 Å². The summed E-state index contributed by atoms with van der Waals surface area (Å²) in [5.74, 6) is 2.63.